The van der Waals surface area contributed by atoms with Crippen LogP contribution in [0.3, 0.4) is 0 Å². The van der Waals surface area contributed by atoms with Crippen molar-refractivity contribution in [3.63, 3.8) is 0 Å². The minimum atomic E-state index is -0.382. The molecule has 200 valence electrons. The van der Waals surface area contributed by atoms with Crippen LogP contribution in [0, 0.1) is 0 Å². The summed E-state index contributed by atoms with van der Waals surface area (Å²) in [6.07, 6.45) is 0.496. The van der Waals surface area contributed by atoms with E-state index < -0.39 is 0 Å². The van der Waals surface area contributed by atoms with Crippen LogP contribution in [0.2, 0.25) is 0 Å². The molecule has 2 saturated heterocycles. The average molecular weight is 545 g/mol. The van der Waals surface area contributed by atoms with Gasteiger partial charge < -0.3 is 23.7 Å². The molecule has 4 aromatic rings. The topological polar surface area (TPSA) is 94.9 Å². The third-order valence-electron chi connectivity index (χ3n) is 6.87. The molecule has 0 radical (unpaired) electrons. The number of amides is 2. The van der Waals surface area contributed by atoms with Gasteiger partial charge in [-0.15, -0.1) is 0 Å². The molecular formula is C29H28N4O5S. The van der Waals surface area contributed by atoms with Crippen molar-refractivity contribution >= 4 is 39.6 Å². The van der Waals surface area contributed by atoms with Crippen LogP contribution in [-0.2, 0) is 29.6 Å². The lowest BCUT2D eigenvalue weighted by molar-refractivity contribution is -0.118. The largest absolute Gasteiger partial charge is 0.486 e. The fraction of sp³-hybridized carbons (Fsp3) is 0.276. The van der Waals surface area contributed by atoms with Gasteiger partial charge in [-0.1, -0.05) is 23.9 Å². The number of aryl methyl sites for hydroxylation is 1. The maximum atomic E-state index is 11.8. The molecule has 2 aliphatic rings. The fourth-order valence-corrected chi connectivity index (χ4v) is 5.57. The number of fused-ring (bicyclic) bond motifs is 1. The summed E-state index contributed by atoms with van der Waals surface area (Å²) in [5.74, 6) is 2.78. The molecule has 0 bridgehead atoms. The maximum Gasteiger partial charge on any atom is 0.286 e. The number of imidazole rings is 1. The lowest BCUT2D eigenvalue weighted by atomic mass is 10.1. The van der Waals surface area contributed by atoms with Crippen molar-refractivity contribution in [3.8, 4) is 17.2 Å². The Bertz CT molecular complexity index is 1500. The van der Waals surface area contributed by atoms with E-state index >= 15 is 0 Å². The zero-order valence-corrected chi connectivity index (χ0v) is 22.3. The molecule has 6 rings (SSSR count). The third kappa shape index (κ3) is 5.71. The summed E-state index contributed by atoms with van der Waals surface area (Å²) in [4.78, 5) is 30.2. The van der Waals surface area contributed by atoms with Gasteiger partial charge in [0.1, 0.15) is 29.7 Å². The van der Waals surface area contributed by atoms with E-state index in [1.165, 1.54) is 5.69 Å². The van der Waals surface area contributed by atoms with Gasteiger partial charge in [-0.2, -0.15) is 0 Å². The van der Waals surface area contributed by atoms with Gasteiger partial charge in [-0.25, -0.2) is 4.98 Å². The molecule has 9 nitrogen and oxygen atoms in total. The van der Waals surface area contributed by atoms with E-state index in [1.807, 2.05) is 66.2 Å². The minimum Gasteiger partial charge on any atom is -0.486 e. The standard InChI is InChI=1S/C29H28N4O5S/c1-32-25-17-23(38-22-8-4-20(5-9-22)33-12-14-36-15-13-33)10-11-24(25)30-27(32)18-37-21-6-2-19(3-7-21)16-26-28(34)31-29(35)39-26/h2-11,17,26H,12-16,18H2,1H3,(H,31,34,35). The van der Waals surface area contributed by atoms with E-state index in [4.69, 9.17) is 19.2 Å². The minimum absolute atomic E-state index is 0.234. The molecule has 1 aromatic heterocycles. The molecule has 2 aliphatic heterocycles. The van der Waals surface area contributed by atoms with E-state index in [0.29, 0.717) is 18.8 Å². The number of carbonyl (C=O) groups excluding carboxylic acids is 2. The first-order valence-electron chi connectivity index (χ1n) is 12.8. The Hall–Kier alpha value is -4.02. The van der Waals surface area contributed by atoms with Crippen LogP contribution >= 0.6 is 11.8 Å². The molecule has 2 fully saturated rings. The number of benzene rings is 3. The number of anilines is 1. The highest BCUT2D eigenvalue weighted by Crippen LogP contribution is 2.29. The van der Waals surface area contributed by atoms with Crippen molar-refractivity contribution in [1.82, 2.24) is 14.9 Å². The molecule has 39 heavy (non-hydrogen) atoms. The van der Waals surface area contributed by atoms with E-state index in [0.717, 1.165) is 72.0 Å². The number of aromatic nitrogens is 2. The monoisotopic (exact) mass is 544 g/mol. The van der Waals surface area contributed by atoms with E-state index in [2.05, 4.69) is 22.3 Å². The normalized spacial score (nSPS) is 17.5. The average Bonchev–Trinajstić information content (AvgIpc) is 3.45. The van der Waals surface area contributed by atoms with Crippen molar-refractivity contribution in [2.75, 3.05) is 31.2 Å². The third-order valence-corrected chi connectivity index (χ3v) is 7.85. The number of morpholine rings is 1. The summed E-state index contributed by atoms with van der Waals surface area (Å²) >= 11 is 1.03. The SMILES string of the molecule is Cn1c(COc2ccc(CC3SC(=O)NC3=O)cc2)nc2ccc(Oc3ccc(N4CCOCC4)cc3)cc21. The summed E-state index contributed by atoms with van der Waals surface area (Å²) in [5, 5.41) is 1.65. The second-order valence-electron chi connectivity index (χ2n) is 9.45. The Balaban J connectivity index is 1.08. The number of hydrogen-bond donors (Lipinski definition) is 1. The van der Waals surface area contributed by atoms with Crippen molar-refractivity contribution < 1.29 is 23.8 Å². The fourth-order valence-electron chi connectivity index (χ4n) is 4.71. The van der Waals surface area contributed by atoms with Gasteiger partial charge in [0.2, 0.25) is 5.91 Å². The van der Waals surface area contributed by atoms with Crippen LogP contribution in [0.25, 0.3) is 11.0 Å². The van der Waals surface area contributed by atoms with Crippen LogP contribution < -0.4 is 19.7 Å². The Morgan fingerprint density at radius 3 is 2.41 bits per heavy atom. The molecule has 1 unspecified atom stereocenters. The molecule has 0 spiro atoms. The molecule has 1 N–H and O–H groups in total. The summed E-state index contributed by atoms with van der Waals surface area (Å²) < 4.78 is 19.6. The summed E-state index contributed by atoms with van der Waals surface area (Å²) in [6.45, 7) is 3.62. The number of nitrogens with one attached hydrogen (secondary N) is 1. The molecule has 3 aromatic carbocycles. The second kappa shape index (κ2) is 11.0. The first-order valence-corrected chi connectivity index (χ1v) is 13.7. The first kappa shape index (κ1) is 25.3. The van der Waals surface area contributed by atoms with Crippen LogP contribution in [0.5, 0.6) is 17.2 Å². The van der Waals surface area contributed by atoms with Gasteiger partial charge in [0, 0.05) is 31.9 Å². The van der Waals surface area contributed by atoms with E-state index in [1.54, 1.807) is 0 Å². The number of thioether (sulfide) groups is 1. The van der Waals surface area contributed by atoms with Gasteiger partial charge in [-0.05, 0) is 60.5 Å². The lowest BCUT2D eigenvalue weighted by Crippen LogP contribution is -2.36. The maximum absolute atomic E-state index is 11.8. The Labute approximate surface area is 230 Å². The highest BCUT2D eigenvalue weighted by Gasteiger charge is 2.31. The lowest BCUT2D eigenvalue weighted by Gasteiger charge is -2.28. The number of ether oxygens (including phenoxy) is 3. The van der Waals surface area contributed by atoms with Gasteiger partial charge >= 0.3 is 0 Å². The predicted octanol–water partition coefficient (Wildman–Crippen LogP) is 4.68. The summed E-state index contributed by atoms with van der Waals surface area (Å²) in [7, 11) is 1.96. The molecule has 3 heterocycles. The Morgan fingerprint density at radius 1 is 0.974 bits per heavy atom. The zero-order valence-electron chi connectivity index (χ0n) is 21.5. The smallest absolute Gasteiger partial charge is 0.286 e. The number of nitrogens with zero attached hydrogens (tertiary/aromatic N) is 3. The van der Waals surface area contributed by atoms with Gasteiger partial charge in [0.25, 0.3) is 5.24 Å². The summed E-state index contributed by atoms with van der Waals surface area (Å²) in [6, 6.07) is 21.6. The highest BCUT2D eigenvalue weighted by molar-refractivity contribution is 8.15. The number of imide groups is 1. The van der Waals surface area contributed by atoms with E-state index in [-0.39, 0.29) is 16.4 Å². The quantitative estimate of drug-likeness (QED) is 0.342. The van der Waals surface area contributed by atoms with Crippen LogP contribution in [0.1, 0.15) is 11.4 Å². The number of hydrogen-bond acceptors (Lipinski definition) is 8. The van der Waals surface area contributed by atoms with Gasteiger partial charge in [0.05, 0.1) is 29.5 Å². The number of carbonyl (C=O) groups is 2. The zero-order chi connectivity index (χ0) is 26.8. The van der Waals surface area contributed by atoms with Crippen LogP contribution in [-0.4, -0.2) is 52.3 Å². The predicted molar refractivity (Wildman–Crippen MR) is 150 cm³/mol. The molecule has 10 heteroatoms. The van der Waals surface area contributed by atoms with Crippen LogP contribution in [0.4, 0.5) is 10.5 Å². The van der Waals surface area contributed by atoms with Crippen molar-refractivity contribution in [2.45, 2.75) is 18.3 Å². The Kier molecular flexibility index (Phi) is 7.12. The number of rotatable bonds is 8. The van der Waals surface area contributed by atoms with Gasteiger partial charge in [-0.3, -0.25) is 14.9 Å². The van der Waals surface area contributed by atoms with Gasteiger partial charge in [0.15, 0.2) is 0 Å². The molecule has 0 aliphatic carbocycles. The molecule has 1 atom stereocenters. The second-order valence-corrected chi connectivity index (χ2v) is 10.6. The highest BCUT2D eigenvalue weighted by atomic mass is 32.2. The van der Waals surface area contributed by atoms with Crippen molar-refractivity contribution in [1.29, 1.82) is 0 Å². The Morgan fingerprint density at radius 2 is 1.69 bits per heavy atom. The molecular weight excluding hydrogens is 516 g/mol. The first-order chi connectivity index (χ1) is 19.0. The van der Waals surface area contributed by atoms with E-state index in [9.17, 15) is 9.59 Å². The van der Waals surface area contributed by atoms with Crippen molar-refractivity contribution in [2.24, 2.45) is 7.05 Å². The summed E-state index contributed by atoms with van der Waals surface area (Å²) in [5.41, 5.74) is 3.95. The molecule has 0 saturated carbocycles. The van der Waals surface area contributed by atoms with Crippen LogP contribution in [0.15, 0.2) is 66.7 Å². The molecule has 2 amide bonds. The van der Waals surface area contributed by atoms with Crippen molar-refractivity contribution in [3.05, 3.63) is 78.1 Å².